The van der Waals surface area contributed by atoms with Crippen molar-refractivity contribution in [2.45, 2.75) is 58.0 Å². The smallest absolute Gasteiger partial charge is 0.228 e. The zero-order valence-corrected chi connectivity index (χ0v) is 22.2. The zero-order chi connectivity index (χ0) is 25.9. The maximum atomic E-state index is 6.61. The minimum absolute atomic E-state index is 0.331. The largest absolute Gasteiger partial charge is 0.437 e. The number of rotatable bonds is 7. The summed E-state index contributed by atoms with van der Waals surface area (Å²) in [4.78, 5) is 13.9. The Morgan fingerprint density at radius 3 is 2.68 bits per heavy atom. The van der Waals surface area contributed by atoms with Crippen LogP contribution in [0.2, 0.25) is 0 Å². The summed E-state index contributed by atoms with van der Waals surface area (Å²) in [7, 11) is 0. The van der Waals surface area contributed by atoms with Crippen molar-refractivity contribution >= 4 is 22.4 Å². The molecule has 3 heterocycles. The summed E-state index contributed by atoms with van der Waals surface area (Å²) in [5.74, 6) is 2.68. The summed E-state index contributed by atoms with van der Waals surface area (Å²) in [5.41, 5.74) is 3.85. The SMILES string of the molecule is Cc1ccc2c(N[C@@H]3CCC[C@H]3C)cccc2c1Oc1ncccc1-c1ccnc(N[C@H]2CCCNC2)n1. The van der Waals surface area contributed by atoms with Crippen LogP contribution >= 0.6 is 0 Å². The fraction of sp³-hybridized carbons (Fsp3) is 0.387. The molecule has 2 aliphatic rings. The number of nitrogens with zero attached hydrogens (tertiary/aromatic N) is 3. The van der Waals surface area contributed by atoms with E-state index in [0.29, 0.717) is 29.8 Å². The number of fused-ring (bicyclic) bond motifs is 1. The number of aromatic nitrogens is 3. The van der Waals surface area contributed by atoms with Crippen molar-refractivity contribution in [3.8, 4) is 22.9 Å². The predicted molar refractivity (Wildman–Crippen MR) is 154 cm³/mol. The molecule has 7 nitrogen and oxygen atoms in total. The van der Waals surface area contributed by atoms with E-state index in [1.807, 2.05) is 18.2 Å². The Hall–Kier alpha value is -3.71. The van der Waals surface area contributed by atoms with Crippen molar-refractivity contribution in [2.24, 2.45) is 5.92 Å². The van der Waals surface area contributed by atoms with E-state index >= 15 is 0 Å². The van der Waals surface area contributed by atoms with Crippen molar-refractivity contribution in [1.29, 1.82) is 0 Å². The number of ether oxygens (including phenoxy) is 1. The summed E-state index contributed by atoms with van der Waals surface area (Å²) in [5, 5.41) is 13.0. The van der Waals surface area contributed by atoms with Crippen LogP contribution in [0.5, 0.6) is 11.6 Å². The number of anilines is 2. The molecule has 1 aliphatic heterocycles. The van der Waals surface area contributed by atoms with Gasteiger partial charge >= 0.3 is 0 Å². The first kappa shape index (κ1) is 24.6. The second-order valence-corrected chi connectivity index (χ2v) is 10.7. The molecule has 0 unspecified atom stereocenters. The molecule has 2 fully saturated rings. The van der Waals surface area contributed by atoms with Gasteiger partial charge in [0.05, 0.1) is 11.3 Å². The lowest BCUT2D eigenvalue weighted by Gasteiger charge is -2.23. The molecule has 4 aromatic rings. The molecule has 0 amide bonds. The normalized spacial score (nSPS) is 21.4. The molecular weight excluding hydrogens is 472 g/mol. The van der Waals surface area contributed by atoms with E-state index in [0.717, 1.165) is 59.6 Å². The molecule has 7 heteroatoms. The highest BCUT2D eigenvalue weighted by atomic mass is 16.5. The monoisotopic (exact) mass is 508 g/mol. The minimum Gasteiger partial charge on any atom is -0.437 e. The van der Waals surface area contributed by atoms with E-state index in [9.17, 15) is 0 Å². The first-order chi connectivity index (χ1) is 18.7. The number of aryl methyl sites for hydroxylation is 1. The Morgan fingerprint density at radius 1 is 0.895 bits per heavy atom. The van der Waals surface area contributed by atoms with E-state index in [-0.39, 0.29) is 0 Å². The van der Waals surface area contributed by atoms with Crippen molar-refractivity contribution in [1.82, 2.24) is 20.3 Å². The van der Waals surface area contributed by atoms with Gasteiger partial charge in [0.15, 0.2) is 0 Å². The van der Waals surface area contributed by atoms with Gasteiger partial charge in [0, 0.05) is 47.5 Å². The quantitative estimate of drug-likeness (QED) is 0.261. The van der Waals surface area contributed by atoms with Gasteiger partial charge < -0.3 is 20.7 Å². The summed E-state index contributed by atoms with van der Waals surface area (Å²) < 4.78 is 6.61. The third-order valence-electron chi connectivity index (χ3n) is 7.94. The average molecular weight is 509 g/mol. The number of piperidine rings is 1. The fourth-order valence-electron chi connectivity index (χ4n) is 5.76. The molecule has 6 rings (SSSR count). The molecule has 0 spiro atoms. The summed E-state index contributed by atoms with van der Waals surface area (Å²) >= 11 is 0. The van der Waals surface area contributed by atoms with Crippen LogP contribution in [0.15, 0.2) is 60.9 Å². The van der Waals surface area contributed by atoms with E-state index in [4.69, 9.17) is 9.72 Å². The summed E-state index contributed by atoms with van der Waals surface area (Å²) in [6, 6.07) is 17.4. The molecule has 1 saturated heterocycles. The molecule has 1 aliphatic carbocycles. The van der Waals surface area contributed by atoms with Crippen LogP contribution in [0, 0.1) is 12.8 Å². The molecule has 3 N–H and O–H groups in total. The van der Waals surface area contributed by atoms with Gasteiger partial charge in [-0.3, -0.25) is 0 Å². The molecule has 2 aromatic heterocycles. The Balaban J connectivity index is 1.32. The van der Waals surface area contributed by atoms with Crippen molar-refractivity contribution in [3.63, 3.8) is 0 Å². The molecule has 1 saturated carbocycles. The minimum atomic E-state index is 0.331. The fourth-order valence-corrected chi connectivity index (χ4v) is 5.76. The number of hydrogen-bond acceptors (Lipinski definition) is 7. The molecule has 38 heavy (non-hydrogen) atoms. The van der Waals surface area contributed by atoms with Gasteiger partial charge in [0.2, 0.25) is 11.8 Å². The Bertz CT molecular complexity index is 1420. The lowest BCUT2D eigenvalue weighted by atomic mass is 10.0. The average Bonchev–Trinajstić information content (AvgIpc) is 3.35. The van der Waals surface area contributed by atoms with E-state index in [1.54, 1.807) is 12.4 Å². The van der Waals surface area contributed by atoms with Crippen LogP contribution in [0.1, 0.15) is 44.6 Å². The van der Waals surface area contributed by atoms with Gasteiger partial charge in [-0.05, 0) is 74.9 Å². The molecule has 196 valence electrons. The third kappa shape index (κ3) is 5.16. The number of nitrogens with one attached hydrogen (secondary N) is 3. The van der Waals surface area contributed by atoms with Gasteiger partial charge in [-0.1, -0.05) is 37.6 Å². The van der Waals surface area contributed by atoms with Gasteiger partial charge in [-0.25, -0.2) is 15.0 Å². The standard InChI is InChI=1S/C31H36N6O/c1-20-7-3-11-26(20)36-27-12-4-9-24-23(27)14-13-21(2)29(24)38-30-25(10-6-17-33-30)28-15-18-34-31(37-28)35-22-8-5-16-32-19-22/h4,6,9-10,12-15,17-18,20,22,26,32,36H,3,5,7-8,11,16,19H2,1-2H3,(H,34,35,37)/t20-,22+,26-/m1/s1. The van der Waals surface area contributed by atoms with Crippen molar-refractivity contribution < 1.29 is 4.74 Å². The van der Waals surface area contributed by atoms with Gasteiger partial charge in [-0.2, -0.15) is 0 Å². The lowest BCUT2D eigenvalue weighted by molar-refractivity contribution is 0.466. The number of pyridine rings is 1. The molecule has 3 atom stereocenters. The van der Waals surface area contributed by atoms with Crippen LogP contribution in [0.4, 0.5) is 11.6 Å². The first-order valence-corrected chi connectivity index (χ1v) is 13.9. The number of benzene rings is 2. The highest BCUT2D eigenvalue weighted by molar-refractivity contribution is 5.98. The lowest BCUT2D eigenvalue weighted by Crippen LogP contribution is -2.38. The summed E-state index contributed by atoms with van der Waals surface area (Å²) in [6.07, 6.45) is 9.62. The third-order valence-corrected chi connectivity index (χ3v) is 7.94. The Morgan fingerprint density at radius 2 is 1.84 bits per heavy atom. The summed E-state index contributed by atoms with van der Waals surface area (Å²) in [6.45, 7) is 6.42. The highest BCUT2D eigenvalue weighted by Gasteiger charge is 2.24. The predicted octanol–water partition coefficient (Wildman–Crippen LogP) is 6.56. The van der Waals surface area contributed by atoms with Gasteiger partial charge in [-0.15, -0.1) is 0 Å². The maximum Gasteiger partial charge on any atom is 0.228 e. The van der Waals surface area contributed by atoms with E-state index < -0.39 is 0 Å². The van der Waals surface area contributed by atoms with Crippen molar-refractivity contribution in [2.75, 3.05) is 23.7 Å². The number of hydrogen-bond donors (Lipinski definition) is 3. The highest BCUT2D eigenvalue weighted by Crippen LogP contribution is 2.39. The zero-order valence-electron chi connectivity index (χ0n) is 22.2. The van der Waals surface area contributed by atoms with Crippen LogP contribution in [-0.2, 0) is 0 Å². The van der Waals surface area contributed by atoms with Gasteiger partial charge in [0.25, 0.3) is 0 Å². The second kappa shape index (κ2) is 11.0. The van der Waals surface area contributed by atoms with Crippen LogP contribution in [0.3, 0.4) is 0 Å². The van der Waals surface area contributed by atoms with Crippen LogP contribution in [-0.4, -0.2) is 40.1 Å². The Kier molecular flexibility index (Phi) is 7.10. The van der Waals surface area contributed by atoms with E-state index in [1.165, 1.54) is 24.6 Å². The maximum absolute atomic E-state index is 6.61. The van der Waals surface area contributed by atoms with Crippen molar-refractivity contribution in [3.05, 3.63) is 66.5 Å². The molecule has 0 bridgehead atoms. The first-order valence-electron chi connectivity index (χ1n) is 13.9. The van der Waals surface area contributed by atoms with Crippen LogP contribution in [0.25, 0.3) is 22.0 Å². The Labute approximate surface area is 224 Å². The topological polar surface area (TPSA) is 84.0 Å². The van der Waals surface area contributed by atoms with Gasteiger partial charge in [0.1, 0.15) is 5.75 Å². The molecular formula is C31H36N6O. The van der Waals surface area contributed by atoms with Crippen LogP contribution < -0.4 is 20.7 Å². The molecule has 2 aromatic carbocycles. The molecule has 0 radical (unpaired) electrons. The van der Waals surface area contributed by atoms with E-state index in [2.05, 4.69) is 70.1 Å². The second-order valence-electron chi connectivity index (χ2n) is 10.7.